The number of carbonyl (C=O) groups is 2. The van der Waals surface area contributed by atoms with Crippen LogP contribution in [0.3, 0.4) is 0 Å². The normalized spacial score (nSPS) is 10.8. The fraction of sp³-hybridized carbons (Fsp3) is 0.231. The highest BCUT2D eigenvalue weighted by atomic mass is 16.4. The number of nitrogens with one attached hydrogen (secondary N) is 2. The van der Waals surface area contributed by atoms with Crippen LogP contribution in [0.25, 0.3) is 0 Å². The van der Waals surface area contributed by atoms with E-state index in [-0.39, 0.29) is 17.7 Å². The minimum absolute atomic E-state index is 0.0360. The zero-order valence-corrected chi connectivity index (χ0v) is 10.7. The first-order valence-electron chi connectivity index (χ1n) is 5.66. The first-order valence-corrected chi connectivity index (χ1v) is 5.66. The summed E-state index contributed by atoms with van der Waals surface area (Å²) in [6.45, 7) is 1.19. The summed E-state index contributed by atoms with van der Waals surface area (Å²) in [5.74, 6) is -1.61. The Bertz CT molecular complexity index is 613. The second kappa shape index (κ2) is 6.76. The Kier molecular flexibility index (Phi) is 5.07. The second-order valence-corrected chi connectivity index (χ2v) is 3.96. The lowest BCUT2D eigenvalue weighted by atomic mass is 10.1. The third kappa shape index (κ3) is 4.00. The molecule has 0 aliphatic rings. The van der Waals surface area contributed by atoms with E-state index in [1.165, 1.54) is 19.1 Å². The number of carboxylic acid groups (broad SMARTS) is 1. The Morgan fingerprint density at radius 1 is 1.30 bits per heavy atom. The van der Waals surface area contributed by atoms with Gasteiger partial charge in [0.2, 0.25) is 5.91 Å². The number of aliphatic carboxylic acids is 1. The SMILES string of the molecule is CC(=O)NC(CNc1ccc(C#N)c(C#N)c1)C(=O)O. The van der Waals surface area contributed by atoms with Crippen LogP contribution in [-0.4, -0.2) is 29.6 Å². The summed E-state index contributed by atoms with van der Waals surface area (Å²) in [7, 11) is 0. The smallest absolute Gasteiger partial charge is 0.328 e. The van der Waals surface area contributed by atoms with Gasteiger partial charge in [0, 0.05) is 19.2 Å². The molecule has 102 valence electrons. The Labute approximate surface area is 115 Å². The van der Waals surface area contributed by atoms with E-state index in [9.17, 15) is 9.59 Å². The molecule has 1 aromatic carbocycles. The molecule has 1 unspecified atom stereocenters. The highest BCUT2D eigenvalue weighted by molar-refractivity contribution is 5.82. The fourth-order valence-electron chi connectivity index (χ4n) is 1.51. The van der Waals surface area contributed by atoms with Gasteiger partial charge in [-0.2, -0.15) is 10.5 Å². The molecule has 3 N–H and O–H groups in total. The van der Waals surface area contributed by atoms with E-state index in [1.807, 2.05) is 12.1 Å². The number of benzene rings is 1. The van der Waals surface area contributed by atoms with E-state index in [0.29, 0.717) is 5.69 Å². The third-order valence-corrected chi connectivity index (χ3v) is 2.45. The predicted octanol–water partition coefficient (Wildman–Crippen LogP) is 0.431. The molecule has 0 saturated heterocycles. The molecule has 1 atom stereocenters. The summed E-state index contributed by atoms with van der Waals surface area (Å²) in [5.41, 5.74) is 0.941. The molecule has 0 bridgehead atoms. The second-order valence-electron chi connectivity index (χ2n) is 3.96. The minimum atomic E-state index is -1.16. The first kappa shape index (κ1) is 15.0. The monoisotopic (exact) mass is 272 g/mol. The minimum Gasteiger partial charge on any atom is -0.480 e. The first-order chi connectivity index (χ1) is 9.47. The number of nitriles is 2. The summed E-state index contributed by atoms with van der Waals surface area (Å²) in [5, 5.41) is 31.7. The number of hydrogen-bond donors (Lipinski definition) is 3. The van der Waals surface area contributed by atoms with Crippen molar-refractivity contribution in [3.63, 3.8) is 0 Å². The van der Waals surface area contributed by atoms with Crippen molar-refractivity contribution in [3.8, 4) is 12.1 Å². The van der Waals surface area contributed by atoms with Gasteiger partial charge in [-0.25, -0.2) is 4.79 Å². The Balaban J connectivity index is 2.79. The summed E-state index contributed by atoms with van der Waals surface area (Å²) in [6.07, 6.45) is 0. The lowest BCUT2D eigenvalue weighted by Gasteiger charge is -2.15. The van der Waals surface area contributed by atoms with Gasteiger partial charge >= 0.3 is 5.97 Å². The molecule has 7 heteroatoms. The van der Waals surface area contributed by atoms with Gasteiger partial charge in [0.25, 0.3) is 0 Å². The molecule has 0 aliphatic carbocycles. The van der Waals surface area contributed by atoms with Crippen molar-refractivity contribution in [2.45, 2.75) is 13.0 Å². The maximum atomic E-state index is 10.9. The van der Waals surface area contributed by atoms with Gasteiger partial charge < -0.3 is 15.7 Å². The standard InChI is InChI=1S/C13H12N4O3/c1-8(18)17-12(13(19)20)7-16-11-3-2-9(5-14)10(4-11)6-15/h2-4,12,16H,7H2,1H3,(H,17,18)(H,19,20). The lowest BCUT2D eigenvalue weighted by Crippen LogP contribution is -2.44. The van der Waals surface area contributed by atoms with Gasteiger partial charge in [0.15, 0.2) is 0 Å². The summed E-state index contributed by atoms with van der Waals surface area (Å²) in [6, 6.07) is 7.17. The Morgan fingerprint density at radius 2 is 1.95 bits per heavy atom. The molecule has 0 radical (unpaired) electrons. The van der Waals surface area contributed by atoms with Crippen LogP contribution in [0.2, 0.25) is 0 Å². The number of nitrogens with zero attached hydrogens (tertiary/aromatic N) is 2. The Hall–Kier alpha value is -3.06. The Morgan fingerprint density at radius 3 is 2.45 bits per heavy atom. The van der Waals surface area contributed by atoms with Gasteiger partial charge in [0.05, 0.1) is 11.1 Å². The molecule has 0 heterocycles. The van der Waals surface area contributed by atoms with Crippen LogP contribution in [0.4, 0.5) is 5.69 Å². The molecule has 7 nitrogen and oxygen atoms in total. The van der Waals surface area contributed by atoms with E-state index in [4.69, 9.17) is 15.6 Å². The number of hydrogen-bond acceptors (Lipinski definition) is 5. The lowest BCUT2D eigenvalue weighted by molar-refractivity contribution is -0.141. The molecule has 0 aromatic heterocycles. The van der Waals surface area contributed by atoms with Crippen molar-refractivity contribution >= 4 is 17.6 Å². The number of anilines is 1. The molecule has 1 rings (SSSR count). The van der Waals surface area contributed by atoms with E-state index in [0.717, 1.165) is 0 Å². The van der Waals surface area contributed by atoms with E-state index < -0.39 is 17.9 Å². The molecular formula is C13H12N4O3. The quantitative estimate of drug-likeness (QED) is 0.713. The molecule has 0 saturated carbocycles. The summed E-state index contributed by atoms with van der Waals surface area (Å²) >= 11 is 0. The highest BCUT2D eigenvalue weighted by Gasteiger charge is 2.17. The van der Waals surface area contributed by atoms with Crippen LogP contribution in [0, 0.1) is 22.7 Å². The van der Waals surface area contributed by atoms with E-state index in [1.54, 1.807) is 6.07 Å². The molecule has 20 heavy (non-hydrogen) atoms. The molecule has 1 amide bonds. The van der Waals surface area contributed by atoms with Crippen LogP contribution in [0.15, 0.2) is 18.2 Å². The van der Waals surface area contributed by atoms with Gasteiger partial charge in [-0.3, -0.25) is 4.79 Å². The maximum Gasteiger partial charge on any atom is 0.328 e. The number of amides is 1. The largest absolute Gasteiger partial charge is 0.480 e. The van der Waals surface area contributed by atoms with E-state index in [2.05, 4.69) is 10.6 Å². The molecule has 0 spiro atoms. The topological polar surface area (TPSA) is 126 Å². The zero-order chi connectivity index (χ0) is 15.1. The molecule has 0 fully saturated rings. The number of carboxylic acids is 1. The third-order valence-electron chi connectivity index (χ3n) is 2.45. The number of rotatable bonds is 5. The van der Waals surface area contributed by atoms with Crippen LogP contribution >= 0.6 is 0 Å². The highest BCUT2D eigenvalue weighted by Crippen LogP contribution is 2.14. The van der Waals surface area contributed by atoms with E-state index >= 15 is 0 Å². The van der Waals surface area contributed by atoms with Gasteiger partial charge in [0.1, 0.15) is 18.2 Å². The van der Waals surface area contributed by atoms with Crippen molar-refractivity contribution in [1.29, 1.82) is 10.5 Å². The van der Waals surface area contributed by atoms with Gasteiger partial charge in [-0.15, -0.1) is 0 Å². The zero-order valence-electron chi connectivity index (χ0n) is 10.7. The average molecular weight is 272 g/mol. The van der Waals surface area contributed by atoms with Gasteiger partial charge in [-0.1, -0.05) is 0 Å². The summed E-state index contributed by atoms with van der Waals surface area (Å²) < 4.78 is 0. The predicted molar refractivity (Wildman–Crippen MR) is 69.6 cm³/mol. The molecule has 1 aromatic rings. The van der Waals surface area contributed by atoms with Crippen molar-refractivity contribution in [1.82, 2.24) is 5.32 Å². The van der Waals surface area contributed by atoms with Crippen molar-refractivity contribution in [3.05, 3.63) is 29.3 Å². The van der Waals surface area contributed by atoms with Crippen molar-refractivity contribution in [2.24, 2.45) is 0 Å². The van der Waals surface area contributed by atoms with Crippen LogP contribution in [0.1, 0.15) is 18.1 Å². The maximum absolute atomic E-state index is 10.9. The van der Waals surface area contributed by atoms with Gasteiger partial charge in [-0.05, 0) is 18.2 Å². The fourth-order valence-corrected chi connectivity index (χ4v) is 1.51. The van der Waals surface area contributed by atoms with Crippen molar-refractivity contribution in [2.75, 3.05) is 11.9 Å². The average Bonchev–Trinajstić information content (AvgIpc) is 2.42. The van der Waals surface area contributed by atoms with Crippen molar-refractivity contribution < 1.29 is 14.7 Å². The number of carbonyl (C=O) groups excluding carboxylic acids is 1. The summed E-state index contributed by atoms with van der Waals surface area (Å²) in [4.78, 5) is 21.8. The molecule has 0 aliphatic heterocycles. The van der Waals surface area contributed by atoms with Crippen LogP contribution < -0.4 is 10.6 Å². The molecular weight excluding hydrogens is 260 g/mol. The van der Waals surface area contributed by atoms with Crippen LogP contribution in [-0.2, 0) is 9.59 Å². The van der Waals surface area contributed by atoms with Crippen LogP contribution in [0.5, 0.6) is 0 Å².